The van der Waals surface area contributed by atoms with Crippen LogP contribution in [0.15, 0.2) is 86.2 Å². The van der Waals surface area contributed by atoms with Crippen LogP contribution in [0.1, 0.15) is 49.1 Å². The number of carbonyl (C=O) groups is 1. The van der Waals surface area contributed by atoms with Gasteiger partial charge in [-0.2, -0.15) is 0 Å². The van der Waals surface area contributed by atoms with E-state index in [1.165, 1.54) is 17.4 Å². The highest BCUT2D eigenvalue weighted by Gasteiger charge is 2.33. The first-order chi connectivity index (χ1) is 20.7. The van der Waals surface area contributed by atoms with Gasteiger partial charge in [0.25, 0.3) is 5.56 Å². The summed E-state index contributed by atoms with van der Waals surface area (Å²) in [5, 5.41) is 0. The van der Waals surface area contributed by atoms with E-state index in [9.17, 15) is 14.0 Å². The fourth-order valence-corrected chi connectivity index (χ4v) is 6.47. The van der Waals surface area contributed by atoms with E-state index < -0.39 is 12.0 Å². The molecule has 3 aromatic carbocycles. The van der Waals surface area contributed by atoms with E-state index in [1.54, 1.807) is 48.8 Å². The van der Waals surface area contributed by atoms with Crippen LogP contribution in [-0.4, -0.2) is 23.8 Å². The second-order valence-corrected chi connectivity index (χ2v) is 11.7. The van der Waals surface area contributed by atoms with Crippen molar-refractivity contribution in [2.24, 2.45) is 4.99 Å². The molecule has 43 heavy (non-hydrogen) atoms. The van der Waals surface area contributed by atoms with Gasteiger partial charge < -0.3 is 14.2 Å². The Bertz CT molecular complexity index is 1900. The Morgan fingerprint density at radius 3 is 2.51 bits per heavy atom. The van der Waals surface area contributed by atoms with Crippen LogP contribution in [0.25, 0.3) is 6.08 Å². The predicted octanol–water partition coefficient (Wildman–Crippen LogP) is 5.99. The van der Waals surface area contributed by atoms with Gasteiger partial charge >= 0.3 is 5.97 Å². The fourth-order valence-electron chi connectivity index (χ4n) is 4.85. The first-order valence-corrected chi connectivity index (χ1v) is 15.4. The van der Waals surface area contributed by atoms with Gasteiger partial charge in [0.15, 0.2) is 16.3 Å². The van der Waals surface area contributed by atoms with Crippen molar-refractivity contribution in [2.45, 2.75) is 40.3 Å². The van der Waals surface area contributed by atoms with Crippen LogP contribution < -0.4 is 24.4 Å². The third-order valence-corrected chi connectivity index (χ3v) is 8.44. The van der Waals surface area contributed by atoms with Crippen molar-refractivity contribution >= 4 is 39.3 Å². The van der Waals surface area contributed by atoms with Crippen LogP contribution in [0.5, 0.6) is 11.5 Å². The minimum atomic E-state index is -0.682. The molecule has 0 bridgehead atoms. The number of aryl methyl sites for hydroxylation is 1. The molecule has 5 rings (SSSR count). The number of thiazole rings is 1. The molecule has 0 aliphatic carbocycles. The maximum Gasteiger partial charge on any atom is 0.338 e. The molecule has 0 spiro atoms. The summed E-state index contributed by atoms with van der Waals surface area (Å²) in [6, 6.07) is 17.1. The van der Waals surface area contributed by atoms with Crippen LogP contribution in [0.4, 0.5) is 4.39 Å². The molecule has 1 aliphatic rings. The number of nitrogens with zero attached hydrogens (tertiary/aromatic N) is 2. The van der Waals surface area contributed by atoms with E-state index >= 15 is 0 Å². The van der Waals surface area contributed by atoms with Crippen molar-refractivity contribution < 1.29 is 23.4 Å². The number of aromatic nitrogens is 1. The van der Waals surface area contributed by atoms with Crippen LogP contribution >= 0.6 is 27.3 Å². The third-order valence-electron chi connectivity index (χ3n) is 6.87. The van der Waals surface area contributed by atoms with Crippen LogP contribution in [-0.2, 0) is 16.1 Å². The van der Waals surface area contributed by atoms with Crippen LogP contribution in [0.3, 0.4) is 0 Å². The van der Waals surface area contributed by atoms with Gasteiger partial charge in [0, 0.05) is 5.56 Å². The van der Waals surface area contributed by atoms with Gasteiger partial charge in [0.05, 0.1) is 39.5 Å². The Kier molecular flexibility index (Phi) is 9.27. The Balaban J connectivity index is 1.59. The monoisotopic (exact) mass is 664 g/mol. The lowest BCUT2D eigenvalue weighted by Gasteiger charge is -2.24. The molecule has 1 atom stereocenters. The van der Waals surface area contributed by atoms with Crippen molar-refractivity contribution in [3.05, 3.63) is 124 Å². The summed E-state index contributed by atoms with van der Waals surface area (Å²) in [7, 11) is 0. The lowest BCUT2D eigenvalue weighted by atomic mass is 9.95. The molecule has 0 unspecified atom stereocenters. The molecule has 0 fully saturated rings. The molecule has 0 saturated heterocycles. The molecule has 222 valence electrons. The summed E-state index contributed by atoms with van der Waals surface area (Å²) in [4.78, 5) is 32.2. The first kappa shape index (κ1) is 30.4. The summed E-state index contributed by atoms with van der Waals surface area (Å²) >= 11 is 4.81. The molecule has 1 aromatic heterocycles. The van der Waals surface area contributed by atoms with Crippen molar-refractivity contribution in [1.82, 2.24) is 4.57 Å². The van der Waals surface area contributed by atoms with Crippen LogP contribution in [0, 0.1) is 12.7 Å². The number of carbonyl (C=O) groups excluding carboxylic acids is 1. The number of esters is 1. The summed E-state index contributed by atoms with van der Waals surface area (Å²) in [5.74, 6) is 0.0248. The molecular formula is C33H30BrFN2O5S. The number of benzene rings is 3. The molecule has 10 heteroatoms. The molecule has 0 saturated carbocycles. The van der Waals surface area contributed by atoms with Crippen molar-refractivity contribution in [3.63, 3.8) is 0 Å². The molecule has 0 amide bonds. The van der Waals surface area contributed by atoms with Gasteiger partial charge in [-0.3, -0.25) is 9.36 Å². The first-order valence-electron chi connectivity index (χ1n) is 13.8. The van der Waals surface area contributed by atoms with Gasteiger partial charge in [0.2, 0.25) is 0 Å². The molecular weight excluding hydrogens is 635 g/mol. The van der Waals surface area contributed by atoms with Gasteiger partial charge in [-0.1, -0.05) is 59.4 Å². The van der Waals surface area contributed by atoms with Crippen LogP contribution in [0.2, 0.25) is 0 Å². The topological polar surface area (TPSA) is 79.1 Å². The SMILES string of the molecule is CCOC(=O)C1=C(C)N=c2s/c(=C/c3cc(Br)c(OCc4ccccc4F)c(OCC)c3)c(=O)n2[C@@H]1c1ccc(C)cc1. The van der Waals surface area contributed by atoms with Gasteiger partial charge in [0.1, 0.15) is 12.4 Å². The number of hydrogen-bond donors (Lipinski definition) is 0. The second kappa shape index (κ2) is 13.1. The Morgan fingerprint density at radius 2 is 1.81 bits per heavy atom. The summed E-state index contributed by atoms with van der Waals surface area (Å²) in [6.45, 7) is 7.94. The highest BCUT2D eigenvalue weighted by Crippen LogP contribution is 2.38. The minimum Gasteiger partial charge on any atom is -0.490 e. The smallest absolute Gasteiger partial charge is 0.338 e. The number of allylic oxidation sites excluding steroid dienone is 1. The van der Waals surface area contributed by atoms with E-state index in [0.29, 0.717) is 54.3 Å². The molecule has 2 heterocycles. The van der Waals surface area contributed by atoms with Crippen molar-refractivity contribution in [1.29, 1.82) is 0 Å². The Morgan fingerprint density at radius 1 is 1.07 bits per heavy atom. The maximum absolute atomic E-state index is 14.2. The van der Waals surface area contributed by atoms with Gasteiger partial charge in [-0.05, 0) is 79.0 Å². The Labute approximate surface area is 260 Å². The summed E-state index contributed by atoms with van der Waals surface area (Å²) in [6.07, 6.45) is 1.76. The average Bonchev–Trinajstić information content (AvgIpc) is 3.27. The molecule has 0 N–H and O–H groups in total. The second-order valence-electron chi connectivity index (χ2n) is 9.86. The van der Waals surface area contributed by atoms with Gasteiger partial charge in [-0.15, -0.1) is 0 Å². The highest BCUT2D eigenvalue weighted by molar-refractivity contribution is 9.10. The molecule has 7 nitrogen and oxygen atoms in total. The van der Waals surface area contributed by atoms with Crippen molar-refractivity contribution in [3.8, 4) is 11.5 Å². The minimum absolute atomic E-state index is 0.0183. The van der Waals surface area contributed by atoms with E-state index in [1.807, 2.05) is 44.2 Å². The highest BCUT2D eigenvalue weighted by atomic mass is 79.9. The zero-order valence-corrected chi connectivity index (χ0v) is 26.6. The van der Waals surface area contributed by atoms with E-state index in [0.717, 1.165) is 11.1 Å². The molecule has 0 radical (unpaired) electrons. The molecule has 1 aliphatic heterocycles. The van der Waals surface area contributed by atoms with E-state index in [4.69, 9.17) is 14.2 Å². The van der Waals surface area contributed by atoms with E-state index in [2.05, 4.69) is 20.9 Å². The van der Waals surface area contributed by atoms with Crippen molar-refractivity contribution in [2.75, 3.05) is 13.2 Å². The Hall–Kier alpha value is -4.02. The quantitative estimate of drug-likeness (QED) is 0.206. The maximum atomic E-state index is 14.2. The summed E-state index contributed by atoms with van der Waals surface area (Å²) < 4.78 is 34.0. The normalized spacial score (nSPS) is 14.7. The number of hydrogen-bond acceptors (Lipinski definition) is 7. The average molecular weight is 666 g/mol. The predicted molar refractivity (Wildman–Crippen MR) is 168 cm³/mol. The number of halogens is 2. The zero-order valence-electron chi connectivity index (χ0n) is 24.1. The van der Waals surface area contributed by atoms with Gasteiger partial charge in [-0.25, -0.2) is 14.2 Å². The zero-order chi connectivity index (χ0) is 30.7. The largest absolute Gasteiger partial charge is 0.490 e. The van der Waals surface area contributed by atoms with E-state index in [-0.39, 0.29) is 24.6 Å². The number of fused-ring (bicyclic) bond motifs is 1. The number of ether oxygens (including phenoxy) is 3. The lowest BCUT2D eigenvalue weighted by molar-refractivity contribution is -0.139. The number of rotatable bonds is 9. The lowest BCUT2D eigenvalue weighted by Crippen LogP contribution is -2.39. The third kappa shape index (κ3) is 6.35. The fraction of sp³-hybridized carbons (Fsp3) is 0.242. The standard InChI is InChI=1S/C33H30BrFN2O5S/c1-5-40-26-16-21(15-24(34)30(26)42-18-23-9-7-8-10-25(23)35)17-27-31(38)37-29(22-13-11-19(3)12-14-22)28(32(39)41-6-2)20(4)36-33(37)43-27/h7-17,29H,5-6,18H2,1-4H3/b27-17+/t29-/m1/s1. The summed E-state index contributed by atoms with van der Waals surface area (Å²) in [5.41, 5.74) is 3.52. The molecule has 4 aromatic rings.